The highest BCUT2D eigenvalue weighted by Crippen LogP contribution is 2.47. The minimum Gasteiger partial charge on any atom is -0.424 e. The summed E-state index contributed by atoms with van der Waals surface area (Å²) in [6.07, 6.45) is -11.7. The molecular formula is C9H11F6NO2. The second-order valence-electron chi connectivity index (χ2n) is 4.42. The van der Waals surface area contributed by atoms with Gasteiger partial charge in [0, 0.05) is 0 Å². The van der Waals surface area contributed by atoms with E-state index in [1.807, 2.05) is 0 Å². The van der Waals surface area contributed by atoms with E-state index >= 15 is 0 Å². The van der Waals surface area contributed by atoms with E-state index in [1.165, 1.54) is 5.32 Å². The van der Waals surface area contributed by atoms with E-state index in [2.05, 4.69) is 4.74 Å². The molecule has 106 valence electrons. The van der Waals surface area contributed by atoms with Crippen molar-refractivity contribution in [1.29, 1.82) is 0 Å². The maximum absolute atomic E-state index is 12.5. The first-order valence-corrected chi connectivity index (χ1v) is 5.04. The Bertz CT molecular complexity index is 321. The van der Waals surface area contributed by atoms with Gasteiger partial charge in [0.2, 0.25) is 0 Å². The standard InChI is InChI=1S/C9H11F6NO2/c1-4(2)3-5-6(17)18-7(16-5,8(10,11)12)9(13,14)15/h4-5,16H,3H2,1-2H3. The van der Waals surface area contributed by atoms with E-state index in [9.17, 15) is 31.1 Å². The summed E-state index contributed by atoms with van der Waals surface area (Å²) in [4.78, 5) is 11.1. The van der Waals surface area contributed by atoms with Crippen LogP contribution in [0.25, 0.3) is 0 Å². The van der Waals surface area contributed by atoms with Crippen molar-refractivity contribution in [3.63, 3.8) is 0 Å². The lowest BCUT2D eigenvalue weighted by Gasteiger charge is -2.31. The van der Waals surface area contributed by atoms with Gasteiger partial charge in [0.15, 0.2) is 0 Å². The number of alkyl halides is 6. The lowest BCUT2D eigenvalue weighted by molar-refractivity contribution is -0.369. The Morgan fingerprint density at radius 2 is 1.67 bits per heavy atom. The smallest absolute Gasteiger partial charge is 0.424 e. The Kier molecular flexibility index (Phi) is 3.59. The van der Waals surface area contributed by atoms with Crippen LogP contribution >= 0.6 is 0 Å². The van der Waals surface area contributed by atoms with E-state index in [1.54, 1.807) is 13.8 Å². The van der Waals surface area contributed by atoms with Crippen molar-refractivity contribution in [2.75, 3.05) is 0 Å². The average Bonchev–Trinajstić information content (AvgIpc) is 2.41. The third-order valence-electron chi connectivity index (χ3n) is 2.42. The molecule has 1 N–H and O–H groups in total. The minimum absolute atomic E-state index is 0.174. The van der Waals surface area contributed by atoms with Crippen molar-refractivity contribution in [3.8, 4) is 0 Å². The van der Waals surface area contributed by atoms with E-state index in [0.717, 1.165) is 0 Å². The minimum atomic E-state index is -5.77. The zero-order chi connectivity index (χ0) is 14.4. The second-order valence-corrected chi connectivity index (χ2v) is 4.42. The van der Waals surface area contributed by atoms with Crippen LogP contribution in [0.5, 0.6) is 0 Å². The number of carbonyl (C=O) groups excluding carboxylic acids is 1. The first kappa shape index (κ1) is 15.1. The van der Waals surface area contributed by atoms with E-state index < -0.39 is 30.1 Å². The molecular weight excluding hydrogens is 268 g/mol. The molecule has 1 fully saturated rings. The molecule has 0 aliphatic carbocycles. The number of halogens is 6. The van der Waals surface area contributed by atoms with Crippen molar-refractivity contribution >= 4 is 5.97 Å². The first-order chi connectivity index (χ1) is 7.91. The van der Waals surface area contributed by atoms with Gasteiger partial charge in [-0.3, -0.25) is 10.1 Å². The van der Waals surface area contributed by atoms with Crippen LogP contribution in [0.4, 0.5) is 26.3 Å². The summed E-state index contributed by atoms with van der Waals surface area (Å²) in [6.45, 7) is 3.13. The molecule has 0 radical (unpaired) electrons. The first-order valence-electron chi connectivity index (χ1n) is 5.04. The molecule has 1 heterocycles. The van der Waals surface area contributed by atoms with Crippen molar-refractivity contribution in [2.45, 2.75) is 44.4 Å². The molecule has 0 bridgehead atoms. The summed E-state index contributed by atoms with van der Waals surface area (Å²) >= 11 is 0. The highest BCUT2D eigenvalue weighted by molar-refractivity contribution is 5.78. The topological polar surface area (TPSA) is 38.3 Å². The Hall–Kier alpha value is -0.990. The number of hydrogen-bond donors (Lipinski definition) is 1. The molecule has 1 saturated heterocycles. The van der Waals surface area contributed by atoms with Gasteiger partial charge in [-0.1, -0.05) is 13.8 Å². The van der Waals surface area contributed by atoms with Crippen molar-refractivity contribution in [2.24, 2.45) is 5.92 Å². The predicted molar refractivity (Wildman–Crippen MR) is 47.3 cm³/mol. The fraction of sp³-hybridized carbons (Fsp3) is 0.889. The summed E-state index contributed by atoms with van der Waals surface area (Å²) in [5.41, 5.74) is -4.60. The van der Waals surface area contributed by atoms with E-state index in [-0.39, 0.29) is 12.3 Å². The average molecular weight is 279 g/mol. The summed E-state index contributed by atoms with van der Waals surface area (Å²) in [5, 5.41) is 1.24. The van der Waals surface area contributed by atoms with Crippen LogP contribution in [0.1, 0.15) is 20.3 Å². The van der Waals surface area contributed by atoms with Crippen LogP contribution in [0.15, 0.2) is 0 Å². The lowest BCUT2D eigenvalue weighted by atomic mass is 10.0. The zero-order valence-electron chi connectivity index (χ0n) is 9.45. The van der Waals surface area contributed by atoms with Crippen LogP contribution < -0.4 is 5.32 Å². The molecule has 1 atom stereocenters. The zero-order valence-corrected chi connectivity index (χ0v) is 9.45. The van der Waals surface area contributed by atoms with Crippen LogP contribution in [0, 0.1) is 5.92 Å². The Labute approximate surface area is 98.5 Å². The van der Waals surface area contributed by atoms with Gasteiger partial charge >= 0.3 is 24.0 Å². The molecule has 18 heavy (non-hydrogen) atoms. The van der Waals surface area contributed by atoms with Crippen molar-refractivity contribution < 1.29 is 35.9 Å². The number of esters is 1. The number of nitrogens with one attached hydrogen (secondary N) is 1. The van der Waals surface area contributed by atoms with Gasteiger partial charge in [0.05, 0.1) is 0 Å². The van der Waals surface area contributed by atoms with Crippen LogP contribution in [0.3, 0.4) is 0 Å². The molecule has 0 aromatic rings. The van der Waals surface area contributed by atoms with Crippen molar-refractivity contribution in [1.82, 2.24) is 5.32 Å². The molecule has 1 rings (SSSR count). The summed E-state index contributed by atoms with van der Waals surface area (Å²) in [5.74, 6) is -1.80. The third kappa shape index (κ3) is 2.40. The van der Waals surface area contributed by atoms with E-state index in [0.29, 0.717) is 0 Å². The SMILES string of the molecule is CC(C)CC1NC(C(F)(F)F)(C(F)(F)F)OC1=O. The molecule has 1 aliphatic heterocycles. The largest absolute Gasteiger partial charge is 0.452 e. The number of hydrogen-bond acceptors (Lipinski definition) is 3. The number of carbonyl (C=O) groups is 1. The lowest BCUT2D eigenvalue weighted by Crippen LogP contribution is -2.65. The Balaban J connectivity index is 3.08. The van der Waals surface area contributed by atoms with Crippen molar-refractivity contribution in [3.05, 3.63) is 0 Å². The van der Waals surface area contributed by atoms with Crippen LogP contribution in [-0.4, -0.2) is 30.1 Å². The van der Waals surface area contributed by atoms with Crippen LogP contribution in [-0.2, 0) is 9.53 Å². The van der Waals surface area contributed by atoms with Gasteiger partial charge in [-0.15, -0.1) is 0 Å². The number of rotatable bonds is 2. The van der Waals surface area contributed by atoms with Gasteiger partial charge in [-0.25, -0.2) is 0 Å². The van der Waals surface area contributed by atoms with Gasteiger partial charge in [-0.05, 0) is 12.3 Å². The van der Waals surface area contributed by atoms with Gasteiger partial charge in [0.25, 0.3) is 0 Å². The monoisotopic (exact) mass is 279 g/mol. The summed E-state index contributed by atoms with van der Waals surface area (Å²) < 4.78 is 78.8. The Morgan fingerprint density at radius 3 is 1.94 bits per heavy atom. The molecule has 0 amide bonds. The molecule has 0 aromatic heterocycles. The fourth-order valence-electron chi connectivity index (χ4n) is 1.62. The van der Waals surface area contributed by atoms with Gasteiger partial charge < -0.3 is 4.74 Å². The summed E-state index contributed by atoms with van der Waals surface area (Å²) in [6, 6.07) is -1.62. The normalized spacial score (nSPS) is 24.5. The van der Waals surface area contributed by atoms with E-state index in [4.69, 9.17) is 0 Å². The molecule has 9 heteroatoms. The quantitative estimate of drug-likeness (QED) is 0.623. The highest BCUT2D eigenvalue weighted by Gasteiger charge is 2.78. The molecule has 0 saturated carbocycles. The summed E-state index contributed by atoms with van der Waals surface area (Å²) in [7, 11) is 0. The third-order valence-corrected chi connectivity index (χ3v) is 2.42. The highest BCUT2D eigenvalue weighted by atomic mass is 19.4. The fourth-order valence-corrected chi connectivity index (χ4v) is 1.62. The maximum Gasteiger partial charge on any atom is 0.452 e. The Morgan fingerprint density at radius 1 is 1.22 bits per heavy atom. The molecule has 1 aliphatic rings. The number of ether oxygens (including phenoxy) is 1. The molecule has 3 nitrogen and oxygen atoms in total. The molecule has 1 unspecified atom stereocenters. The number of cyclic esters (lactones) is 1. The second kappa shape index (κ2) is 4.29. The predicted octanol–water partition coefficient (Wildman–Crippen LogP) is 2.37. The van der Waals surface area contributed by atoms with Gasteiger partial charge in [0.1, 0.15) is 6.04 Å². The van der Waals surface area contributed by atoms with Crippen LogP contribution in [0.2, 0.25) is 0 Å². The molecule has 0 aromatic carbocycles. The maximum atomic E-state index is 12.5. The van der Waals surface area contributed by atoms with Gasteiger partial charge in [-0.2, -0.15) is 26.3 Å². The molecule has 0 spiro atoms.